The van der Waals surface area contributed by atoms with Gasteiger partial charge in [0.1, 0.15) is 11.5 Å². The predicted octanol–water partition coefficient (Wildman–Crippen LogP) is 24.6. The van der Waals surface area contributed by atoms with E-state index in [1.54, 1.807) is 0 Å². The Morgan fingerprint density at radius 1 is 0.155 bits per heavy atom. The minimum absolute atomic E-state index is 0.0317. The van der Waals surface area contributed by atoms with Gasteiger partial charge in [0.15, 0.2) is 17.3 Å². The Morgan fingerprint density at radius 2 is 0.310 bits per heavy atom. The molecule has 15 aromatic carbocycles. The highest BCUT2D eigenvalue weighted by atomic mass is 16.5. The van der Waals surface area contributed by atoms with E-state index in [-0.39, 0.29) is 17.3 Å². The van der Waals surface area contributed by atoms with Crippen LogP contribution in [0, 0.1) is 35.5 Å². The summed E-state index contributed by atoms with van der Waals surface area (Å²) in [6.07, 6.45) is 0.621. The summed E-state index contributed by atoms with van der Waals surface area (Å²) in [5, 5.41) is 0. The number of ether oxygens (including phenoxy) is 1. The fraction of sp³-hybridized carbons (Fsp3) is 0.00893. The second-order valence-electron chi connectivity index (χ2n) is 28.6. The maximum absolute atomic E-state index is 15.9. The monoisotopic (exact) mass is 1480 g/mol. The van der Waals surface area contributed by atoms with E-state index >= 15 is 14.4 Å². The van der Waals surface area contributed by atoms with Crippen LogP contribution >= 0.6 is 0 Å². The Labute approximate surface area is 676 Å². The lowest BCUT2D eigenvalue weighted by Gasteiger charge is -2.16. The fourth-order valence-corrected chi connectivity index (χ4v) is 15.7. The Balaban J connectivity index is 0.673. The number of hydrogen-bond acceptors (Lipinski definition) is 4. The number of hydrogen-bond donors (Lipinski definition) is 0. The number of carbonyl (C=O) groups is 3. The molecule has 3 aliphatic carbocycles. The molecule has 542 valence electrons. The third-order valence-corrected chi connectivity index (χ3v) is 21.2. The van der Waals surface area contributed by atoms with Crippen LogP contribution < -0.4 is 4.74 Å². The van der Waals surface area contributed by atoms with Gasteiger partial charge in [0.05, 0.1) is 0 Å². The minimum Gasteiger partial charge on any atom is -0.457 e. The first-order valence-corrected chi connectivity index (χ1v) is 38.8. The van der Waals surface area contributed by atoms with Crippen LogP contribution in [0.15, 0.2) is 413 Å². The standard InChI is InChI=1S/C112H70O4/c113-110-104(86-35-19-6-20-36-86)100(98(84-31-15-4-16-32-84)107(110)93-57-47-79(48-58-93)44-41-76-25-9-1-10-26-76)89-63-53-82(54-64-89)75-83-55-65-90(66-56-83)101-103(106(88-39-23-8-24-40-88)112(115)109(101)95-61-51-81(52-62-95)46-43-78-29-13-3-14-30-78)92-69-73-97(74-70-92)116-96-71-67-91(68-72-96)102-99(85-33-17-5-18-34-85)108(111(114)105(102)87-37-21-7-22-38-87)94-59-49-80(50-60-94)45-42-77-27-11-2-12-28-77/h1-40,47-74H,75H2. The molecule has 0 heterocycles. The zero-order valence-electron chi connectivity index (χ0n) is 63.1. The molecule has 4 heteroatoms. The van der Waals surface area contributed by atoms with Gasteiger partial charge in [0.2, 0.25) is 0 Å². The molecule has 116 heavy (non-hydrogen) atoms. The molecule has 0 fully saturated rings. The summed E-state index contributed by atoms with van der Waals surface area (Å²) in [5.74, 6) is 20.8. The quantitative estimate of drug-likeness (QED) is 0.0905. The lowest BCUT2D eigenvalue weighted by molar-refractivity contribution is -0.109. The van der Waals surface area contributed by atoms with Crippen LogP contribution in [-0.4, -0.2) is 17.3 Å². The first-order chi connectivity index (χ1) is 57.3. The van der Waals surface area contributed by atoms with Crippen molar-refractivity contribution < 1.29 is 19.1 Å². The summed E-state index contributed by atoms with van der Waals surface area (Å²) in [6, 6.07) is 137. The minimum atomic E-state index is -0.0859. The van der Waals surface area contributed by atoms with Crippen molar-refractivity contribution in [1.29, 1.82) is 0 Å². The number of benzene rings is 15. The van der Waals surface area contributed by atoms with Crippen molar-refractivity contribution in [3.63, 3.8) is 0 Å². The van der Waals surface area contributed by atoms with E-state index in [1.807, 2.05) is 340 Å². The molecule has 18 rings (SSSR count). The molecule has 0 unspecified atom stereocenters. The smallest absolute Gasteiger partial charge is 0.195 e. The third-order valence-electron chi connectivity index (χ3n) is 21.2. The highest BCUT2D eigenvalue weighted by molar-refractivity contribution is 6.61. The molecule has 0 aliphatic heterocycles. The number of ketones is 3. The number of carbonyl (C=O) groups excluding carboxylic acids is 3. The van der Waals surface area contributed by atoms with Gasteiger partial charge in [-0.05, 0) is 181 Å². The predicted molar refractivity (Wildman–Crippen MR) is 473 cm³/mol. The SMILES string of the molecule is O=C1C(c2ccc(C#Cc3ccccc3)cc2)=C(c2ccccc2)C(c2ccc(Cc3ccc(C4=C(c5ccc(C#Cc6ccccc6)cc5)C(=O)C(c5ccccc5)=C4c4ccc(Oc5ccc(C6=C(c7ccccc7)C(=O)C(c7ccc(C#Cc8ccccc8)cc7)=C6c6ccccc6)cc5)cc4)cc3)cc2)=C1c1ccccc1. The summed E-state index contributed by atoms with van der Waals surface area (Å²) in [7, 11) is 0. The molecule has 15 aromatic rings. The molecule has 0 N–H and O–H groups in total. The molecule has 0 spiro atoms. The van der Waals surface area contributed by atoms with Crippen molar-refractivity contribution in [2.24, 2.45) is 0 Å². The zero-order valence-corrected chi connectivity index (χ0v) is 63.1. The van der Waals surface area contributed by atoms with Crippen molar-refractivity contribution in [3.05, 3.63) is 524 Å². The lowest BCUT2D eigenvalue weighted by atomic mass is 9.88. The van der Waals surface area contributed by atoms with E-state index < -0.39 is 0 Å². The molecule has 0 saturated carbocycles. The van der Waals surface area contributed by atoms with Crippen LogP contribution in [0.5, 0.6) is 11.5 Å². The molecule has 0 saturated heterocycles. The van der Waals surface area contributed by atoms with E-state index in [0.29, 0.717) is 51.4 Å². The maximum Gasteiger partial charge on any atom is 0.195 e. The van der Waals surface area contributed by atoms with E-state index in [9.17, 15) is 0 Å². The summed E-state index contributed by atoms with van der Waals surface area (Å²) >= 11 is 0. The Bertz CT molecular complexity index is 6680. The van der Waals surface area contributed by atoms with Gasteiger partial charge in [0.25, 0.3) is 0 Å². The van der Waals surface area contributed by atoms with Gasteiger partial charge in [-0.25, -0.2) is 0 Å². The third kappa shape index (κ3) is 15.0. The maximum atomic E-state index is 15.9. The van der Waals surface area contributed by atoms with E-state index in [1.165, 1.54) is 0 Å². The summed E-state index contributed by atoms with van der Waals surface area (Å²) in [4.78, 5) is 46.6. The average Bonchev–Trinajstić information content (AvgIpc) is 1.59. The molecule has 0 aromatic heterocycles. The van der Waals surface area contributed by atoms with Gasteiger partial charge in [0, 0.05) is 100 Å². The first kappa shape index (κ1) is 71.8. The highest BCUT2D eigenvalue weighted by Gasteiger charge is 2.39. The molecule has 0 bridgehead atoms. The highest BCUT2D eigenvalue weighted by Crippen LogP contribution is 2.54. The second kappa shape index (κ2) is 32.7. The second-order valence-corrected chi connectivity index (χ2v) is 28.6. The summed E-state index contributed by atoms with van der Waals surface area (Å²) in [5.41, 5.74) is 26.6. The zero-order chi connectivity index (χ0) is 78.1. The largest absolute Gasteiger partial charge is 0.457 e. The number of rotatable bonds is 16. The topological polar surface area (TPSA) is 60.4 Å². The number of Topliss-reactive ketones (excluding diaryl/α,β-unsaturated/α-hetero) is 3. The van der Waals surface area contributed by atoms with Gasteiger partial charge in [-0.3, -0.25) is 14.4 Å². The van der Waals surface area contributed by atoms with Crippen LogP contribution in [0.4, 0.5) is 0 Å². The molecular formula is C112H70O4. The van der Waals surface area contributed by atoms with Crippen LogP contribution in [-0.2, 0) is 20.8 Å². The van der Waals surface area contributed by atoms with Crippen LogP contribution in [0.3, 0.4) is 0 Å². The first-order valence-electron chi connectivity index (χ1n) is 38.8. The Morgan fingerprint density at radius 3 is 0.526 bits per heavy atom. The van der Waals surface area contributed by atoms with Gasteiger partial charge < -0.3 is 4.74 Å². The summed E-state index contributed by atoms with van der Waals surface area (Å²) in [6.45, 7) is 0. The van der Waals surface area contributed by atoms with E-state index in [4.69, 9.17) is 4.74 Å². The van der Waals surface area contributed by atoms with Crippen LogP contribution in [0.1, 0.15) is 111 Å². The molecule has 0 radical (unpaired) electrons. The normalized spacial score (nSPS) is 13.2. The molecular weight excluding hydrogens is 1410 g/mol. The van der Waals surface area contributed by atoms with Gasteiger partial charge >= 0.3 is 0 Å². The molecule has 3 aliphatic rings. The van der Waals surface area contributed by atoms with E-state index in [2.05, 4.69) is 108 Å². The van der Waals surface area contributed by atoms with Crippen molar-refractivity contribution >= 4 is 84.2 Å². The lowest BCUT2D eigenvalue weighted by Crippen LogP contribution is -2.02. The molecule has 4 nitrogen and oxygen atoms in total. The van der Waals surface area contributed by atoms with Crippen LogP contribution in [0.2, 0.25) is 0 Å². The average molecular weight is 1480 g/mol. The van der Waals surface area contributed by atoms with Crippen molar-refractivity contribution in [1.82, 2.24) is 0 Å². The van der Waals surface area contributed by atoms with Gasteiger partial charge in [-0.15, -0.1) is 0 Å². The van der Waals surface area contributed by atoms with Gasteiger partial charge in [-0.2, -0.15) is 0 Å². The fourth-order valence-electron chi connectivity index (χ4n) is 15.7. The number of allylic oxidation sites excluding steroid dienone is 12. The molecule has 0 amide bonds. The van der Waals surface area contributed by atoms with Crippen molar-refractivity contribution in [2.45, 2.75) is 6.42 Å². The Hall–Kier alpha value is -15.8. The molecule has 0 atom stereocenters. The van der Waals surface area contributed by atoms with Crippen molar-refractivity contribution in [2.75, 3.05) is 0 Å². The van der Waals surface area contributed by atoms with Crippen molar-refractivity contribution in [3.8, 4) is 47.0 Å². The van der Waals surface area contributed by atoms with E-state index in [0.717, 1.165) is 145 Å². The van der Waals surface area contributed by atoms with Crippen LogP contribution in [0.25, 0.3) is 66.9 Å². The Kier molecular flexibility index (Phi) is 20.2. The summed E-state index contributed by atoms with van der Waals surface area (Å²) < 4.78 is 6.75. The van der Waals surface area contributed by atoms with Gasteiger partial charge in [-0.1, -0.05) is 351 Å².